The number of ether oxygens (including phenoxy) is 2. The number of carbonyl (C=O) groups is 1. The second-order valence-corrected chi connectivity index (χ2v) is 9.38. The molecule has 5 nitrogen and oxygen atoms in total. The van der Waals surface area contributed by atoms with Crippen LogP contribution in [0.5, 0.6) is 5.75 Å². The van der Waals surface area contributed by atoms with Gasteiger partial charge >= 0.3 is 6.09 Å². The molecule has 1 heterocycles. The highest BCUT2D eigenvalue weighted by Gasteiger charge is 2.30. The van der Waals surface area contributed by atoms with E-state index in [0.29, 0.717) is 30.4 Å². The highest BCUT2D eigenvalue weighted by molar-refractivity contribution is 9.10. The summed E-state index contributed by atoms with van der Waals surface area (Å²) in [7, 11) is 1.67. The summed E-state index contributed by atoms with van der Waals surface area (Å²) in [5, 5.41) is 0.653. The highest BCUT2D eigenvalue weighted by atomic mass is 79.9. The summed E-state index contributed by atoms with van der Waals surface area (Å²) in [6, 6.07) is 11.7. The van der Waals surface area contributed by atoms with Gasteiger partial charge in [0.25, 0.3) is 0 Å². The minimum absolute atomic E-state index is 0.390. The summed E-state index contributed by atoms with van der Waals surface area (Å²) in [4.78, 5) is 18.9. The number of hydrogen-bond donors (Lipinski definition) is 0. The van der Waals surface area contributed by atoms with Crippen LogP contribution in [-0.2, 0) is 17.6 Å². The molecule has 160 valence electrons. The van der Waals surface area contributed by atoms with Crippen LogP contribution in [0.3, 0.4) is 0 Å². The highest BCUT2D eigenvalue weighted by Crippen LogP contribution is 2.29. The summed E-state index contributed by atoms with van der Waals surface area (Å²) >= 11 is 10.1. The topological polar surface area (TPSA) is 51.1 Å². The Bertz CT molecular complexity index is 969. The molecule has 2 aromatic rings. The fourth-order valence-electron chi connectivity index (χ4n) is 3.40. The van der Waals surface area contributed by atoms with Crippen LogP contribution in [0.15, 0.2) is 45.9 Å². The smallest absolute Gasteiger partial charge is 0.416 e. The van der Waals surface area contributed by atoms with E-state index in [1.807, 2.05) is 51.1 Å². The van der Waals surface area contributed by atoms with Gasteiger partial charge in [0.1, 0.15) is 17.2 Å². The summed E-state index contributed by atoms with van der Waals surface area (Å²) in [5.74, 6) is 1.45. The number of amides is 1. The molecular weight excluding hydrogens is 468 g/mol. The summed E-state index contributed by atoms with van der Waals surface area (Å²) in [5.41, 5.74) is 2.32. The summed E-state index contributed by atoms with van der Waals surface area (Å²) in [6.45, 7) is 6.60. The van der Waals surface area contributed by atoms with E-state index < -0.39 is 11.7 Å². The lowest BCUT2D eigenvalue weighted by Crippen LogP contribution is -2.39. The van der Waals surface area contributed by atoms with Crippen LogP contribution in [0.2, 0.25) is 5.02 Å². The lowest BCUT2D eigenvalue weighted by Gasteiger charge is -2.26. The first-order valence-electron chi connectivity index (χ1n) is 9.85. The molecule has 1 aliphatic heterocycles. The lowest BCUT2D eigenvalue weighted by atomic mass is 9.98. The third-order valence-electron chi connectivity index (χ3n) is 4.70. The third-order valence-corrected chi connectivity index (χ3v) is 5.55. The molecule has 0 unspecified atom stereocenters. The molecule has 0 saturated carbocycles. The number of rotatable bonds is 5. The Kier molecular flexibility index (Phi) is 7.09. The van der Waals surface area contributed by atoms with Crippen molar-refractivity contribution in [3.8, 4) is 5.75 Å². The second-order valence-electron chi connectivity index (χ2n) is 8.06. The van der Waals surface area contributed by atoms with Crippen molar-refractivity contribution in [2.45, 2.75) is 39.2 Å². The number of aliphatic imine (C=N–C) groups is 1. The Morgan fingerprint density at radius 1 is 1.23 bits per heavy atom. The molecular formula is C23H26BrClN2O3. The molecule has 0 aliphatic carbocycles. The molecule has 0 saturated heterocycles. The molecule has 0 bridgehead atoms. The second kappa shape index (κ2) is 9.40. The molecule has 0 radical (unpaired) electrons. The Labute approximate surface area is 191 Å². The minimum atomic E-state index is -0.570. The van der Waals surface area contributed by atoms with Gasteiger partial charge in [-0.2, -0.15) is 0 Å². The van der Waals surface area contributed by atoms with Crippen molar-refractivity contribution in [3.05, 3.63) is 62.6 Å². The first-order valence-corrected chi connectivity index (χ1v) is 11.0. The normalized spacial score (nSPS) is 13.9. The van der Waals surface area contributed by atoms with Gasteiger partial charge in [0.2, 0.25) is 0 Å². The average Bonchev–Trinajstić information content (AvgIpc) is 3.15. The van der Waals surface area contributed by atoms with E-state index in [1.165, 1.54) is 0 Å². The van der Waals surface area contributed by atoms with Crippen LogP contribution < -0.4 is 4.74 Å². The molecule has 0 fully saturated rings. The van der Waals surface area contributed by atoms with Crippen molar-refractivity contribution in [2.24, 2.45) is 4.99 Å². The fraction of sp³-hybridized carbons (Fsp3) is 0.391. The predicted octanol–water partition coefficient (Wildman–Crippen LogP) is 5.89. The van der Waals surface area contributed by atoms with Crippen molar-refractivity contribution in [3.63, 3.8) is 0 Å². The maximum absolute atomic E-state index is 12.7. The standard InChI is InChI=1S/C23H26BrClN2O3/c1-23(2,3)30-22(28)27-13-12-26-21(27)18-6-5-7-19(25)17(18)10-8-15-14-16(24)9-11-20(15)29-4/h5-7,9,11,14H,8,10,12-13H2,1-4H3. The predicted molar refractivity (Wildman–Crippen MR) is 124 cm³/mol. The van der Waals surface area contributed by atoms with Gasteiger partial charge in [-0.1, -0.05) is 39.7 Å². The molecule has 7 heteroatoms. The van der Waals surface area contributed by atoms with Gasteiger partial charge < -0.3 is 9.47 Å². The lowest BCUT2D eigenvalue weighted by molar-refractivity contribution is 0.0384. The molecule has 1 aliphatic rings. The molecule has 30 heavy (non-hydrogen) atoms. The average molecular weight is 494 g/mol. The first-order chi connectivity index (χ1) is 14.2. The Morgan fingerprint density at radius 2 is 2.00 bits per heavy atom. The Balaban J connectivity index is 1.88. The van der Waals surface area contributed by atoms with Gasteiger partial charge in [0, 0.05) is 15.1 Å². The van der Waals surface area contributed by atoms with Crippen LogP contribution >= 0.6 is 27.5 Å². The molecule has 0 aromatic heterocycles. The zero-order valence-corrected chi connectivity index (χ0v) is 20.0. The molecule has 0 atom stereocenters. The number of carbonyl (C=O) groups excluding carboxylic acids is 1. The van der Waals surface area contributed by atoms with E-state index in [1.54, 1.807) is 12.0 Å². The van der Waals surface area contributed by atoms with Crippen molar-refractivity contribution in [1.82, 2.24) is 4.90 Å². The van der Waals surface area contributed by atoms with E-state index in [-0.39, 0.29) is 0 Å². The van der Waals surface area contributed by atoms with Crippen LogP contribution in [0, 0.1) is 0 Å². The van der Waals surface area contributed by atoms with Gasteiger partial charge in [0.05, 0.1) is 20.2 Å². The number of benzene rings is 2. The van der Waals surface area contributed by atoms with Crippen LogP contribution in [-0.4, -0.2) is 42.6 Å². The van der Waals surface area contributed by atoms with Gasteiger partial charge in [-0.15, -0.1) is 0 Å². The van der Waals surface area contributed by atoms with Gasteiger partial charge in [-0.3, -0.25) is 9.89 Å². The van der Waals surface area contributed by atoms with Gasteiger partial charge in [0.15, 0.2) is 0 Å². The number of methoxy groups -OCH3 is 1. The monoisotopic (exact) mass is 492 g/mol. The quantitative estimate of drug-likeness (QED) is 0.521. The van der Waals surface area contributed by atoms with E-state index in [0.717, 1.165) is 33.3 Å². The third kappa shape index (κ3) is 5.35. The van der Waals surface area contributed by atoms with Crippen LogP contribution in [0.1, 0.15) is 37.5 Å². The SMILES string of the molecule is COc1ccc(Br)cc1CCc1c(Cl)cccc1C1=NCCN1C(=O)OC(C)(C)C. The molecule has 3 rings (SSSR count). The van der Waals surface area contributed by atoms with E-state index in [4.69, 9.17) is 21.1 Å². The van der Waals surface area contributed by atoms with Crippen LogP contribution in [0.4, 0.5) is 4.79 Å². The number of nitrogens with zero attached hydrogens (tertiary/aromatic N) is 2. The van der Waals surface area contributed by atoms with E-state index >= 15 is 0 Å². The van der Waals surface area contributed by atoms with E-state index in [9.17, 15) is 4.79 Å². The number of aryl methyl sites for hydroxylation is 1. The zero-order chi connectivity index (χ0) is 21.9. The molecule has 2 aromatic carbocycles. The summed E-state index contributed by atoms with van der Waals surface area (Å²) < 4.78 is 12.1. The van der Waals surface area contributed by atoms with Crippen molar-refractivity contribution in [2.75, 3.05) is 20.2 Å². The van der Waals surface area contributed by atoms with Crippen molar-refractivity contribution in [1.29, 1.82) is 0 Å². The van der Waals surface area contributed by atoms with Crippen LogP contribution in [0.25, 0.3) is 0 Å². The maximum Gasteiger partial charge on any atom is 0.416 e. The number of amidine groups is 1. The fourth-order valence-corrected chi connectivity index (χ4v) is 4.07. The number of halogens is 2. The van der Waals surface area contributed by atoms with E-state index in [2.05, 4.69) is 27.0 Å². The molecule has 0 N–H and O–H groups in total. The van der Waals surface area contributed by atoms with Crippen molar-refractivity contribution < 1.29 is 14.3 Å². The Hall–Kier alpha value is -2.05. The first kappa shape index (κ1) is 22.6. The largest absolute Gasteiger partial charge is 0.496 e. The maximum atomic E-state index is 12.7. The molecule has 0 spiro atoms. The van der Waals surface area contributed by atoms with Gasteiger partial charge in [-0.25, -0.2) is 4.79 Å². The molecule has 1 amide bonds. The van der Waals surface area contributed by atoms with Gasteiger partial charge in [-0.05, 0) is 69.0 Å². The number of hydrogen-bond acceptors (Lipinski definition) is 4. The zero-order valence-electron chi connectivity index (χ0n) is 17.7. The summed E-state index contributed by atoms with van der Waals surface area (Å²) in [6.07, 6.45) is 1.03. The van der Waals surface area contributed by atoms with Crippen molar-refractivity contribution >= 4 is 39.5 Å². The Morgan fingerprint density at radius 3 is 2.70 bits per heavy atom. The minimum Gasteiger partial charge on any atom is -0.496 e.